The van der Waals surface area contributed by atoms with Crippen LogP contribution in [-0.4, -0.2) is 20.7 Å². The molecule has 4 aromatic rings. The van der Waals surface area contributed by atoms with Crippen molar-refractivity contribution in [2.45, 2.75) is 13.1 Å². The molecule has 0 aliphatic rings. The minimum Gasteiger partial charge on any atom is -0.348 e. The van der Waals surface area contributed by atoms with E-state index in [4.69, 9.17) is 0 Å². The first-order valence-corrected chi connectivity index (χ1v) is 10.2. The zero-order valence-electron chi connectivity index (χ0n) is 16.0. The minimum absolute atomic E-state index is 0.189. The number of benzene rings is 2. The van der Waals surface area contributed by atoms with Crippen LogP contribution in [0.4, 0.5) is 4.39 Å². The number of thiophene rings is 1. The molecule has 1 N–H and O–H groups in total. The summed E-state index contributed by atoms with van der Waals surface area (Å²) < 4.78 is 15.7. The van der Waals surface area contributed by atoms with Crippen LogP contribution >= 0.6 is 11.3 Å². The van der Waals surface area contributed by atoms with Crippen molar-refractivity contribution in [2.75, 3.05) is 0 Å². The van der Waals surface area contributed by atoms with Crippen LogP contribution < -0.4 is 5.32 Å². The number of nitrogens with one attached hydrogen (secondary N) is 1. The third-order valence-corrected chi connectivity index (χ3v) is 5.62. The summed E-state index contributed by atoms with van der Waals surface area (Å²) in [5.74, 6) is -0.441. The predicted molar refractivity (Wildman–Crippen MR) is 116 cm³/mol. The van der Waals surface area contributed by atoms with Gasteiger partial charge in [-0.25, -0.2) is 14.1 Å². The lowest BCUT2D eigenvalue weighted by Crippen LogP contribution is -2.21. The summed E-state index contributed by atoms with van der Waals surface area (Å²) in [7, 11) is 0. The summed E-state index contributed by atoms with van der Waals surface area (Å²) in [4.78, 5) is 17.9. The number of carbonyl (C=O) groups excluding carboxylic acids is 1. The lowest BCUT2D eigenvalue weighted by molar-refractivity contribution is -0.116. The zero-order chi connectivity index (χ0) is 20.8. The molecule has 0 aliphatic heterocycles. The Morgan fingerprint density at radius 3 is 2.67 bits per heavy atom. The smallest absolute Gasteiger partial charge is 0.244 e. The molecular weight excluding hydrogens is 399 g/mol. The monoisotopic (exact) mass is 418 g/mol. The van der Waals surface area contributed by atoms with Crippen LogP contribution in [0, 0.1) is 5.82 Å². The maximum Gasteiger partial charge on any atom is 0.244 e. The molecule has 0 saturated carbocycles. The van der Waals surface area contributed by atoms with Gasteiger partial charge in [0.25, 0.3) is 0 Å². The van der Waals surface area contributed by atoms with Crippen molar-refractivity contribution in [3.8, 4) is 10.4 Å². The predicted octanol–water partition coefficient (Wildman–Crippen LogP) is 4.52. The van der Waals surface area contributed by atoms with Gasteiger partial charge in [0, 0.05) is 27.9 Å². The fourth-order valence-electron chi connectivity index (χ4n) is 3.02. The van der Waals surface area contributed by atoms with Gasteiger partial charge in [-0.05, 0) is 35.4 Å². The summed E-state index contributed by atoms with van der Waals surface area (Å²) in [5, 5.41) is 7.04. The number of hydrogen-bond donors (Lipinski definition) is 1. The lowest BCUT2D eigenvalue weighted by Gasteiger charge is -2.09. The van der Waals surface area contributed by atoms with Gasteiger partial charge in [0.05, 0.1) is 6.54 Å². The third-order valence-electron chi connectivity index (χ3n) is 4.54. The summed E-state index contributed by atoms with van der Waals surface area (Å²) in [6.45, 7) is 1.01. The molecule has 0 atom stereocenters. The standard InChI is InChI=1S/C23H19FN4OS/c24-21-8-4-3-7-20(21)22-11-9-19(30-22)10-12-23(29)26-13-17-5-1-2-6-18(17)14-28-16-25-15-27-28/h1-12,15-16H,13-14H2,(H,26,29)/b12-10+. The lowest BCUT2D eigenvalue weighted by atomic mass is 10.1. The van der Waals surface area contributed by atoms with Crippen molar-refractivity contribution >= 4 is 23.3 Å². The number of nitrogens with zero attached hydrogens (tertiary/aromatic N) is 3. The molecule has 2 aromatic heterocycles. The second kappa shape index (κ2) is 9.28. The van der Waals surface area contributed by atoms with Crippen LogP contribution in [0.25, 0.3) is 16.5 Å². The Hall–Kier alpha value is -3.58. The maximum atomic E-state index is 13.9. The Labute approximate surface area is 177 Å². The molecule has 0 radical (unpaired) electrons. The molecule has 0 bridgehead atoms. The molecule has 7 heteroatoms. The highest BCUT2D eigenvalue weighted by molar-refractivity contribution is 7.16. The van der Waals surface area contributed by atoms with Crippen molar-refractivity contribution in [1.29, 1.82) is 0 Å². The molecule has 150 valence electrons. The molecule has 2 aromatic carbocycles. The Kier molecular flexibility index (Phi) is 6.10. The van der Waals surface area contributed by atoms with Gasteiger partial charge in [0.1, 0.15) is 18.5 Å². The van der Waals surface area contributed by atoms with Crippen molar-refractivity contribution in [1.82, 2.24) is 20.1 Å². The molecule has 30 heavy (non-hydrogen) atoms. The van der Waals surface area contributed by atoms with Gasteiger partial charge in [-0.15, -0.1) is 11.3 Å². The van der Waals surface area contributed by atoms with E-state index in [1.165, 1.54) is 29.8 Å². The SMILES string of the molecule is O=C(/C=C/c1ccc(-c2ccccc2F)s1)NCc1ccccc1Cn1cncn1. The first-order chi connectivity index (χ1) is 14.7. The van der Waals surface area contributed by atoms with Gasteiger partial charge in [-0.2, -0.15) is 5.10 Å². The number of amides is 1. The molecule has 4 rings (SSSR count). The normalized spacial score (nSPS) is 11.1. The molecule has 2 heterocycles. The highest BCUT2D eigenvalue weighted by Gasteiger charge is 2.07. The summed E-state index contributed by atoms with van der Waals surface area (Å²) in [6.07, 6.45) is 6.40. The molecule has 0 fully saturated rings. The van der Waals surface area contributed by atoms with E-state index >= 15 is 0 Å². The Morgan fingerprint density at radius 1 is 1.07 bits per heavy atom. The highest BCUT2D eigenvalue weighted by Crippen LogP contribution is 2.30. The highest BCUT2D eigenvalue weighted by atomic mass is 32.1. The average Bonchev–Trinajstić information content (AvgIpc) is 3.44. The van der Waals surface area contributed by atoms with Crippen molar-refractivity contribution in [3.05, 3.63) is 101 Å². The first kappa shape index (κ1) is 19.7. The molecule has 0 aliphatic carbocycles. The average molecular weight is 418 g/mol. The topological polar surface area (TPSA) is 59.8 Å². The van der Waals surface area contributed by atoms with E-state index < -0.39 is 0 Å². The van der Waals surface area contributed by atoms with Crippen LogP contribution in [0.15, 0.2) is 79.4 Å². The van der Waals surface area contributed by atoms with E-state index in [1.807, 2.05) is 42.5 Å². The largest absolute Gasteiger partial charge is 0.348 e. The molecule has 0 unspecified atom stereocenters. The number of hydrogen-bond acceptors (Lipinski definition) is 4. The molecule has 5 nitrogen and oxygen atoms in total. The summed E-state index contributed by atoms with van der Waals surface area (Å²) in [5.41, 5.74) is 2.66. The second-order valence-corrected chi connectivity index (χ2v) is 7.71. The summed E-state index contributed by atoms with van der Waals surface area (Å²) in [6, 6.07) is 18.3. The number of aromatic nitrogens is 3. The molecular formula is C23H19FN4OS. The van der Waals surface area contributed by atoms with E-state index in [1.54, 1.807) is 29.2 Å². The maximum absolute atomic E-state index is 13.9. The van der Waals surface area contributed by atoms with Gasteiger partial charge in [0.2, 0.25) is 5.91 Å². The van der Waals surface area contributed by atoms with E-state index in [2.05, 4.69) is 15.4 Å². The number of halogens is 1. The first-order valence-electron chi connectivity index (χ1n) is 9.39. The molecule has 0 saturated heterocycles. The van der Waals surface area contributed by atoms with Crippen LogP contribution in [0.5, 0.6) is 0 Å². The fraction of sp³-hybridized carbons (Fsp3) is 0.0870. The molecule has 0 spiro atoms. The van der Waals surface area contributed by atoms with Crippen LogP contribution in [0.2, 0.25) is 0 Å². The van der Waals surface area contributed by atoms with E-state index in [0.717, 1.165) is 20.9 Å². The molecule has 1 amide bonds. The van der Waals surface area contributed by atoms with Gasteiger partial charge >= 0.3 is 0 Å². The zero-order valence-corrected chi connectivity index (χ0v) is 16.8. The summed E-state index contributed by atoms with van der Waals surface area (Å²) >= 11 is 1.44. The minimum atomic E-state index is -0.253. The second-order valence-electron chi connectivity index (χ2n) is 6.59. The van der Waals surface area contributed by atoms with Gasteiger partial charge in [0.15, 0.2) is 0 Å². The van der Waals surface area contributed by atoms with Crippen molar-refractivity contribution in [2.24, 2.45) is 0 Å². The Bertz CT molecular complexity index is 1170. The van der Waals surface area contributed by atoms with E-state index in [-0.39, 0.29) is 11.7 Å². The van der Waals surface area contributed by atoms with Gasteiger partial charge < -0.3 is 5.32 Å². The number of rotatable bonds is 7. The Morgan fingerprint density at radius 2 is 1.87 bits per heavy atom. The van der Waals surface area contributed by atoms with Crippen LogP contribution in [0.1, 0.15) is 16.0 Å². The van der Waals surface area contributed by atoms with Crippen molar-refractivity contribution in [3.63, 3.8) is 0 Å². The third kappa shape index (κ3) is 4.87. The fourth-order valence-corrected chi connectivity index (χ4v) is 3.96. The van der Waals surface area contributed by atoms with Crippen molar-refractivity contribution < 1.29 is 9.18 Å². The van der Waals surface area contributed by atoms with Gasteiger partial charge in [-0.1, -0.05) is 42.5 Å². The van der Waals surface area contributed by atoms with E-state index in [0.29, 0.717) is 18.7 Å². The quantitative estimate of drug-likeness (QED) is 0.449. The Balaban J connectivity index is 1.37. The number of carbonyl (C=O) groups is 1. The van der Waals surface area contributed by atoms with Gasteiger partial charge in [-0.3, -0.25) is 4.79 Å². The van der Waals surface area contributed by atoms with Crippen LogP contribution in [0.3, 0.4) is 0 Å². The van der Waals surface area contributed by atoms with E-state index in [9.17, 15) is 9.18 Å². The van der Waals surface area contributed by atoms with Crippen LogP contribution in [-0.2, 0) is 17.9 Å².